The van der Waals surface area contributed by atoms with Crippen LogP contribution in [0.5, 0.6) is 5.75 Å². The van der Waals surface area contributed by atoms with Crippen molar-refractivity contribution in [2.24, 2.45) is 0 Å². The maximum atomic E-state index is 13.3. The van der Waals surface area contributed by atoms with E-state index in [1.807, 2.05) is 0 Å². The van der Waals surface area contributed by atoms with Gasteiger partial charge in [-0.3, -0.25) is 4.79 Å². The van der Waals surface area contributed by atoms with Crippen LogP contribution >= 0.6 is 0 Å². The number of amides is 1. The van der Waals surface area contributed by atoms with Crippen molar-refractivity contribution >= 4 is 29.1 Å². The van der Waals surface area contributed by atoms with Gasteiger partial charge < -0.3 is 30.7 Å². The quantitative estimate of drug-likeness (QED) is 0.361. The fraction of sp³-hybridized carbons (Fsp3) is 0.160. The lowest BCUT2D eigenvalue weighted by atomic mass is 10.1. The number of nitrogens with one attached hydrogen (secondary N) is 3. The van der Waals surface area contributed by atoms with E-state index in [2.05, 4.69) is 30.9 Å². The zero-order valence-electron chi connectivity index (χ0n) is 20.2. The number of carboxylic acid groups (broad SMARTS) is 1. The second-order valence-corrected chi connectivity index (χ2v) is 7.93. The number of halogens is 1. The predicted octanol–water partition coefficient (Wildman–Crippen LogP) is 3.00. The second kappa shape index (κ2) is 10.7. The van der Waals surface area contributed by atoms with Crippen molar-refractivity contribution in [3.05, 3.63) is 78.2 Å². The maximum absolute atomic E-state index is 13.3. The zero-order valence-corrected chi connectivity index (χ0v) is 20.2. The topological polar surface area (TPSA) is 142 Å². The minimum Gasteiger partial charge on any atom is -0.494 e. The summed E-state index contributed by atoms with van der Waals surface area (Å²) in [6, 6.07) is 6.85. The first-order valence-corrected chi connectivity index (χ1v) is 11.1. The molecule has 1 aliphatic rings. The summed E-state index contributed by atoms with van der Waals surface area (Å²) in [4.78, 5) is 38.2. The van der Waals surface area contributed by atoms with Crippen LogP contribution in [0, 0.1) is 5.82 Å². The minimum atomic E-state index is -1.04. The predicted molar refractivity (Wildman–Crippen MR) is 135 cm³/mol. The van der Waals surface area contributed by atoms with E-state index >= 15 is 0 Å². The number of aromatic nitrogens is 3. The van der Waals surface area contributed by atoms with Crippen molar-refractivity contribution in [1.82, 2.24) is 25.2 Å². The third kappa shape index (κ3) is 5.48. The molecule has 1 aliphatic heterocycles. The summed E-state index contributed by atoms with van der Waals surface area (Å²) in [5.74, 6) is -0.939. The number of hydrogen-bond donors (Lipinski definition) is 4. The Balaban J connectivity index is 1.71. The van der Waals surface area contributed by atoms with Gasteiger partial charge in [0.25, 0.3) is 5.91 Å². The molecule has 4 rings (SSSR count). The fourth-order valence-electron chi connectivity index (χ4n) is 3.65. The van der Waals surface area contributed by atoms with Crippen LogP contribution < -0.4 is 20.7 Å². The van der Waals surface area contributed by atoms with Crippen LogP contribution in [0.25, 0.3) is 11.4 Å². The van der Waals surface area contributed by atoms with E-state index in [9.17, 15) is 19.1 Å². The Morgan fingerprint density at radius 1 is 1.14 bits per heavy atom. The monoisotopic (exact) mass is 505 g/mol. The number of carbonyl (C=O) groups excluding carboxylic acids is 1. The van der Waals surface area contributed by atoms with Gasteiger partial charge in [-0.2, -0.15) is 0 Å². The Labute approximate surface area is 211 Å². The highest BCUT2D eigenvalue weighted by Gasteiger charge is 2.20. The molecule has 0 spiro atoms. The number of ether oxygens (including phenoxy) is 1. The third-order valence-electron chi connectivity index (χ3n) is 5.53. The number of likely N-dealkylation sites (N-methyl/N-ethyl adjacent to an activating group) is 1. The molecular formula is C25H24FN7O4. The van der Waals surface area contributed by atoms with Crippen molar-refractivity contribution in [2.75, 3.05) is 31.8 Å². The van der Waals surface area contributed by atoms with Crippen LogP contribution in [0.1, 0.15) is 10.4 Å². The first kappa shape index (κ1) is 25.1. The molecule has 4 N–H and O–H groups in total. The Kier molecular flexibility index (Phi) is 7.28. The van der Waals surface area contributed by atoms with Crippen molar-refractivity contribution in [3.63, 3.8) is 0 Å². The average molecular weight is 506 g/mol. The summed E-state index contributed by atoms with van der Waals surface area (Å²) >= 11 is 0. The van der Waals surface area contributed by atoms with Crippen molar-refractivity contribution < 1.29 is 23.8 Å². The number of nitrogens with zero attached hydrogens (tertiary/aromatic N) is 4. The van der Waals surface area contributed by atoms with E-state index in [1.165, 1.54) is 26.4 Å². The smallest absolute Gasteiger partial charge is 0.335 e. The molecule has 12 heteroatoms. The molecule has 0 saturated carbocycles. The summed E-state index contributed by atoms with van der Waals surface area (Å²) < 4.78 is 19.0. The molecule has 2 aromatic heterocycles. The highest BCUT2D eigenvalue weighted by atomic mass is 19.1. The van der Waals surface area contributed by atoms with Gasteiger partial charge in [0.05, 0.1) is 47.6 Å². The van der Waals surface area contributed by atoms with E-state index < -0.39 is 18.0 Å². The molecule has 0 saturated heterocycles. The molecule has 3 aromatic rings. The van der Waals surface area contributed by atoms with E-state index in [-0.39, 0.29) is 22.9 Å². The molecule has 190 valence electrons. The fourth-order valence-corrected chi connectivity index (χ4v) is 3.65. The molecule has 37 heavy (non-hydrogen) atoms. The van der Waals surface area contributed by atoms with Crippen LogP contribution in [0.4, 0.5) is 21.6 Å². The van der Waals surface area contributed by atoms with Gasteiger partial charge in [-0.05, 0) is 24.3 Å². The number of hydrogen-bond acceptors (Lipinski definition) is 9. The Morgan fingerprint density at radius 3 is 2.57 bits per heavy atom. The Morgan fingerprint density at radius 2 is 1.89 bits per heavy atom. The van der Waals surface area contributed by atoms with Gasteiger partial charge in [-0.1, -0.05) is 6.07 Å². The molecule has 0 fully saturated rings. The van der Waals surface area contributed by atoms with Crippen LogP contribution in [-0.2, 0) is 4.79 Å². The highest BCUT2D eigenvalue weighted by molar-refractivity contribution is 6.00. The van der Waals surface area contributed by atoms with Crippen LogP contribution in [0.15, 0.2) is 66.8 Å². The molecule has 0 bridgehead atoms. The molecular weight excluding hydrogens is 481 g/mol. The zero-order chi connectivity index (χ0) is 26.5. The van der Waals surface area contributed by atoms with Gasteiger partial charge in [0.1, 0.15) is 12.0 Å². The van der Waals surface area contributed by atoms with Crippen LogP contribution in [0.2, 0.25) is 0 Å². The van der Waals surface area contributed by atoms with Crippen LogP contribution in [0.3, 0.4) is 0 Å². The summed E-state index contributed by atoms with van der Waals surface area (Å²) in [7, 11) is 4.77. The molecule has 1 amide bonds. The highest BCUT2D eigenvalue weighted by Crippen LogP contribution is 2.37. The number of carboxylic acids is 1. The van der Waals surface area contributed by atoms with Crippen molar-refractivity contribution in [2.45, 2.75) is 6.17 Å². The van der Waals surface area contributed by atoms with Gasteiger partial charge in [0.2, 0.25) is 0 Å². The maximum Gasteiger partial charge on any atom is 0.335 e. The van der Waals surface area contributed by atoms with Gasteiger partial charge in [-0.15, -0.1) is 0 Å². The number of anilines is 3. The first-order valence-electron chi connectivity index (χ1n) is 11.1. The number of para-hydroxylation sites is 1. The minimum absolute atomic E-state index is 0.139. The average Bonchev–Trinajstić information content (AvgIpc) is 2.90. The summed E-state index contributed by atoms with van der Waals surface area (Å²) in [6.45, 7) is 0. The lowest BCUT2D eigenvalue weighted by Gasteiger charge is -2.28. The molecule has 0 aliphatic carbocycles. The van der Waals surface area contributed by atoms with E-state index in [0.29, 0.717) is 28.5 Å². The molecule has 0 radical (unpaired) electrons. The number of benzene rings is 1. The summed E-state index contributed by atoms with van der Waals surface area (Å²) in [5.41, 5.74) is 1.82. The van der Waals surface area contributed by atoms with Gasteiger partial charge in [0.15, 0.2) is 17.4 Å². The van der Waals surface area contributed by atoms with E-state index in [0.717, 1.165) is 12.4 Å². The number of carbonyl (C=O) groups is 2. The molecule has 1 atom stereocenters. The summed E-state index contributed by atoms with van der Waals surface area (Å²) in [6.07, 6.45) is 7.74. The number of pyridine rings is 1. The lowest BCUT2D eigenvalue weighted by Crippen LogP contribution is -2.35. The van der Waals surface area contributed by atoms with Gasteiger partial charge in [-0.25, -0.2) is 24.1 Å². The van der Waals surface area contributed by atoms with Crippen molar-refractivity contribution in [3.8, 4) is 17.1 Å². The largest absolute Gasteiger partial charge is 0.494 e. The van der Waals surface area contributed by atoms with Crippen molar-refractivity contribution in [1.29, 1.82) is 0 Å². The number of rotatable bonds is 8. The Hall–Kier alpha value is -5.00. The third-order valence-corrected chi connectivity index (χ3v) is 5.53. The lowest BCUT2D eigenvalue weighted by molar-refractivity contribution is -0.132. The number of methoxy groups -OCH3 is 1. The van der Waals surface area contributed by atoms with Crippen LogP contribution in [-0.4, -0.2) is 64.2 Å². The molecule has 1 aromatic carbocycles. The normalized spacial score (nSPS) is 14.5. The molecule has 11 nitrogen and oxygen atoms in total. The molecule has 1 unspecified atom stereocenters. The number of aliphatic carboxylic acids is 1. The van der Waals surface area contributed by atoms with Gasteiger partial charge in [0, 0.05) is 32.6 Å². The van der Waals surface area contributed by atoms with E-state index in [1.54, 1.807) is 48.5 Å². The van der Waals surface area contributed by atoms with Gasteiger partial charge >= 0.3 is 5.97 Å². The second-order valence-electron chi connectivity index (χ2n) is 7.93. The SMILES string of the molecule is CNC(=O)c1cnc(NC2C=C(C(=O)O)C=CN2C)cc1Nc1cccc(-c2ncc(F)cn2)c1OC. The van der Waals surface area contributed by atoms with E-state index in [4.69, 9.17) is 4.74 Å². The molecule has 3 heterocycles. The first-order chi connectivity index (χ1) is 17.8. The Bertz CT molecular complexity index is 1390. The standard InChI is InChI=1S/C25H24FN7O4/c1-27-24(34)17-13-28-20(32-21-9-14(25(35)36)7-8-33(21)2)10-19(17)31-18-6-4-5-16(22(18)37-3)23-29-11-15(26)12-30-23/h4-13,21H,1-3H3,(H,27,34)(H,35,36)(H2,28,31,32). The summed E-state index contributed by atoms with van der Waals surface area (Å²) in [5, 5.41) is 18.3.